The van der Waals surface area contributed by atoms with Crippen LogP contribution in [0.3, 0.4) is 0 Å². The molecule has 0 radical (unpaired) electrons. The summed E-state index contributed by atoms with van der Waals surface area (Å²) in [4.78, 5) is 16.7. The van der Waals surface area contributed by atoms with E-state index in [1.54, 1.807) is 11.3 Å². The molecular formula is C19H21N3OS. The number of nitrogens with two attached hydrogens (primary N) is 1. The van der Waals surface area contributed by atoms with Crippen molar-refractivity contribution in [1.82, 2.24) is 10.3 Å². The number of thiazole rings is 1. The van der Waals surface area contributed by atoms with Crippen LogP contribution in [-0.2, 0) is 17.6 Å². The summed E-state index contributed by atoms with van der Waals surface area (Å²) in [5.41, 5.74) is 8.70. The molecule has 5 heteroatoms. The molecule has 0 saturated carbocycles. The Balaban J connectivity index is 1.51. The number of hydrogen-bond acceptors (Lipinski definition) is 4. The van der Waals surface area contributed by atoms with Crippen LogP contribution in [0.2, 0.25) is 0 Å². The van der Waals surface area contributed by atoms with E-state index in [1.165, 1.54) is 4.70 Å². The Labute approximate surface area is 145 Å². The first-order chi connectivity index (χ1) is 11.6. The Bertz CT molecular complexity index is 810. The maximum Gasteiger partial charge on any atom is 0.220 e. The molecule has 3 rings (SSSR count). The maximum absolute atomic E-state index is 12.1. The highest BCUT2D eigenvalue weighted by Gasteiger charge is 2.12. The van der Waals surface area contributed by atoms with Crippen molar-refractivity contribution in [2.24, 2.45) is 0 Å². The van der Waals surface area contributed by atoms with Gasteiger partial charge < -0.3 is 11.1 Å². The van der Waals surface area contributed by atoms with Gasteiger partial charge in [0.2, 0.25) is 5.91 Å². The van der Waals surface area contributed by atoms with E-state index in [1.807, 2.05) is 49.4 Å². The summed E-state index contributed by atoms with van der Waals surface area (Å²) in [6.45, 7) is 2.01. The highest BCUT2D eigenvalue weighted by molar-refractivity contribution is 7.18. The van der Waals surface area contributed by atoms with Crippen molar-refractivity contribution in [3.8, 4) is 0 Å². The molecule has 1 aromatic heterocycles. The zero-order valence-electron chi connectivity index (χ0n) is 13.7. The number of anilines is 1. The highest BCUT2D eigenvalue weighted by Crippen LogP contribution is 2.22. The van der Waals surface area contributed by atoms with Crippen molar-refractivity contribution < 1.29 is 4.79 Å². The quantitative estimate of drug-likeness (QED) is 0.675. The molecular weight excluding hydrogens is 318 g/mol. The lowest BCUT2D eigenvalue weighted by atomic mass is 10.1. The van der Waals surface area contributed by atoms with E-state index in [-0.39, 0.29) is 11.9 Å². The second-order valence-electron chi connectivity index (χ2n) is 5.95. The SMILES string of the molecule is CC(Cc1nc2ccccc2s1)NC(=O)CCc1ccccc1N. The third-order valence-electron chi connectivity index (χ3n) is 3.90. The first kappa shape index (κ1) is 16.5. The molecule has 0 bridgehead atoms. The second kappa shape index (κ2) is 7.45. The van der Waals surface area contributed by atoms with Crippen LogP contribution in [0, 0.1) is 0 Å². The van der Waals surface area contributed by atoms with Crippen LogP contribution in [0.5, 0.6) is 0 Å². The molecule has 0 aliphatic rings. The van der Waals surface area contributed by atoms with E-state index in [2.05, 4.69) is 16.4 Å². The number of para-hydroxylation sites is 2. The fourth-order valence-electron chi connectivity index (χ4n) is 2.68. The Morgan fingerprint density at radius 3 is 2.75 bits per heavy atom. The number of carbonyl (C=O) groups excluding carboxylic acids is 1. The number of nitrogen functional groups attached to an aromatic ring is 1. The summed E-state index contributed by atoms with van der Waals surface area (Å²) in [6.07, 6.45) is 1.85. The first-order valence-corrected chi connectivity index (χ1v) is 8.90. The van der Waals surface area contributed by atoms with Gasteiger partial charge in [0.15, 0.2) is 0 Å². The van der Waals surface area contributed by atoms with E-state index in [9.17, 15) is 4.79 Å². The summed E-state index contributed by atoms with van der Waals surface area (Å²) in [5.74, 6) is 0.0480. The van der Waals surface area contributed by atoms with Gasteiger partial charge in [0, 0.05) is 24.6 Å². The van der Waals surface area contributed by atoms with Crippen molar-refractivity contribution in [3.63, 3.8) is 0 Å². The minimum absolute atomic E-state index is 0.0480. The van der Waals surface area contributed by atoms with E-state index in [0.717, 1.165) is 28.2 Å². The van der Waals surface area contributed by atoms with Crippen molar-refractivity contribution >= 4 is 33.1 Å². The van der Waals surface area contributed by atoms with Crippen LogP contribution in [0.15, 0.2) is 48.5 Å². The Morgan fingerprint density at radius 1 is 1.21 bits per heavy atom. The topological polar surface area (TPSA) is 68.0 Å². The Hall–Kier alpha value is -2.40. The van der Waals surface area contributed by atoms with Gasteiger partial charge in [-0.3, -0.25) is 4.79 Å². The fraction of sp³-hybridized carbons (Fsp3) is 0.263. The second-order valence-corrected chi connectivity index (χ2v) is 7.06. The molecule has 4 nitrogen and oxygen atoms in total. The highest BCUT2D eigenvalue weighted by atomic mass is 32.1. The molecule has 3 aromatic rings. The van der Waals surface area contributed by atoms with Crippen molar-refractivity contribution in [3.05, 3.63) is 59.1 Å². The maximum atomic E-state index is 12.1. The lowest BCUT2D eigenvalue weighted by Gasteiger charge is -2.12. The molecule has 0 aliphatic heterocycles. The van der Waals surface area contributed by atoms with Crippen LogP contribution in [0.4, 0.5) is 5.69 Å². The number of nitrogens with zero attached hydrogens (tertiary/aromatic N) is 1. The smallest absolute Gasteiger partial charge is 0.220 e. The van der Waals surface area contributed by atoms with Gasteiger partial charge in [-0.25, -0.2) is 4.98 Å². The first-order valence-electron chi connectivity index (χ1n) is 8.09. The van der Waals surface area contributed by atoms with Crippen LogP contribution >= 0.6 is 11.3 Å². The molecule has 1 atom stereocenters. The van der Waals surface area contributed by atoms with E-state index >= 15 is 0 Å². The molecule has 24 heavy (non-hydrogen) atoms. The summed E-state index contributed by atoms with van der Waals surface area (Å²) >= 11 is 1.69. The average Bonchev–Trinajstić information content (AvgIpc) is 2.96. The zero-order valence-corrected chi connectivity index (χ0v) is 14.5. The minimum Gasteiger partial charge on any atom is -0.399 e. The largest absolute Gasteiger partial charge is 0.399 e. The number of benzene rings is 2. The normalized spacial score (nSPS) is 12.2. The predicted molar refractivity (Wildman–Crippen MR) is 100 cm³/mol. The molecule has 0 spiro atoms. The molecule has 2 aromatic carbocycles. The van der Waals surface area contributed by atoms with Gasteiger partial charge in [0.25, 0.3) is 0 Å². The number of amides is 1. The van der Waals surface area contributed by atoms with Crippen LogP contribution in [-0.4, -0.2) is 16.9 Å². The number of carbonyl (C=O) groups is 1. The summed E-state index contributed by atoms with van der Waals surface area (Å²) in [5, 5.41) is 4.10. The number of fused-ring (bicyclic) bond motifs is 1. The standard InChI is InChI=1S/C19H21N3OS/c1-13(12-19-22-16-8-4-5-9-17(16)24-19)21-18(23)11-10-14-6-2-3-7-15(14)20/h2-9,13H,10-12,20H2,1H3,(H,21,23). The van der Waals surface area contributed by atoms with Gasteiger partial charge >= 0.3 is 0 Å². The third-order valence-corrected chi connectivity index (χ3v) is 4.96. The molecule has 0 aliphatic carbocycles. The van der Waals surface area contributed by atoms with Crippen LogP contribution < -0.4 is 11.1 Å². The fourth-order valence-corrected chi connectivity index (χ4v) is 3.77. The molecule has 1 heterocycles. The van der Waals surface area contributed by atoms with Crippen LogP contribution in [0.25, 0.3) is 10.2 Å². The van der Waals surface area contributed by atoms with Crippen molar-refractivity contribution in [1.29, 1.82) is 0 Å². The van der Waals surface area contributed by atoms with Gasteiger partial charge in [0.1, 0.15) is 0 Å². The van der Waals surface area contributed by atoms with Gasteiger partial charge in [0.05, 0.1) is 15.2 Å². The van der Waals surface area contributed by atoms with Gasteiger partial charge in [-0.15, -0.1) is 11.3 Å². The predicted octanol–water partition coefficient (Wildman–Crippen LogP) is 3.56. The molecule has 3 N–H and O–H groups in total. The minimum atomic E-state index is 0.0480. The zero-order chi connectivity index (χ0) is 16.9. The van der Waals surface area contributed by atoms with Crippen molar-refractivity contribution in [2.45, 2.75) is 32.2 Å². The lowest BCUT2D eigenvalue weighted by Crippen LogP contribution is -2.34. The van der Waals surface area contributed by atoms with Gasteiger partial charge in [-0.05, 0) is 37.1 Å². The molecule has 1 amide bonds. The third kappa shape index (κ3) is 4.11. The molecule has 0 fully saturated rings. The number of nitrogens with one attached hydrogen (secondary N) is 1. The monoisotopic (exact) mass is 339 g/mol. The van der Waals surface area contributed by atoms with E-state index in [0.29, 0.717) is 12.8 Å². The average molecular weight is 339 g/mol. The molecule has 124 valence electrons. The van der Waals surface area contributed by atoms with Gasteiger partial charge in [-0.1, -0.05) is 30.3 Å². The molecule has 0 saturated heterocycles. The number of hydrogen-bond donors (Lipinski definition) is 2. The summed E-state index contributed by atoms with van der Waals surface area (Å²) < 4.78 is 1.19. The molecule has 1 unspecified atom stereocenters. The lowest BCUT2D eigenvalue weighted by molar-refractivity contribution is -0.121. The van der Waals surface area contributed by atoms with Crippen molar-refractivity contribution in [2.75, 3.05) is 5.73 Å². The number of aryl methyl sites for hydroxylation is 1. The van der Waals surface area contributed by atoms with Crippen LogP contribution in [0.1, 0.15) is 23.9 Å². The summed E-state index contributed by atoms with van der Waals surface area (Å²) in [7, 11) is 0. The number of rotatable bonds is 6. The van der Waals surface area contributed by atoms with E-state index < -0.39 is 0 Å². The Kier molecular flexibility index (Phi) is 5.11. The summed E-state index contributed by atoms with van der Waals surface area (Å²) in [6, 6.07) is 15.8. The van der Waals surface area contributed by atoms with Gasteiger partial charge in [-0.2, -0.15) is 0 Å². The Morgan fingerprint density at radius 2 is 1.96 bits per heavy atom. The van der Waals surface area contributed by atoms with E-state index in [4.69, 9.17) is 5.73 Å². The number of aromatic nitrogens is 1.